The van der Waals surface area contributed by atoms with Gasteiger partial charge in [-0.3, -0.25) is 0 Å². The van der Waals surface area contributed by atoms with Gasteiger partial charge in [0.25, 0.3) is 0 Å². The number of rotatable bonds is 1. The van der Waals surface area contributed by atoms with Crippen molar-refractivity contribution in [3.8, 4) is 0 Å². The molecule has 1 N–H and O–H groups in total. The predicted octanol–water partition coefficient (Wildman–Crippen LogP) is 0.404. The second-order valence-electron chi connectivity index (χ2n) is 2.97. The lowest BCUT2D eigenvalue weighted by molar-refractivity contribution is -0.183. The van der Waals surface area contributed by atoms with E-state index in [4.69, 9.17) is 9.84 Å². The molecule has 0 aromatic carbocycles. The Morgan fingerprint density at radius 3 is 2.38 bits per heavy atom. The molecule has 0 bridgehead atoms. The highest BCUT2D eigenvalue weighted by Gasteiger charge is 2.39. The van der Waals surface area contributed by atoms with E-state index in [1.165, 1.54) is 0 Å². The van der Waals surface area contributed by atoms with Crippen LogP contribution < -0.4 is 0 Å². The van der Waals surface area contributed by atoms with E-state index in [2.05, 4.69) is 13.8 Å². The SMILES string of the molecule is CC1(C)COC1CO. The zero-order valence-electron chi connectivity index (χ0n) is 5.35. The average Bonchev–Trinajstić information content (AvgIpc) is 1.66. The van der Waals surface area contributed by atoms with Crippen LogP contribution in [0.4, 0.5) is 0 Å². The Kier molecular flexibility index (Phi) is 1.29. The molecule has 1 rings (SSSR count). The molecule has 2 heteroatoms. The first-order valence-electron chi connectivity index (χ1n) is 2.89. The smallest absolute Gasteiger partial charge is 0.0878 e. The lowest BCUT2D eigenvalue weighted by Gasteiger charge is -2.43. The van der Waals surface area contributed by atoms with Crippen LogP contribution in [-0.2, 0) is 4.74 Å². The lowest BCUT2D eigenvalue weighted by Crippen LogP contribution is -2.49. The molecule has 2 nitrogen and oxygen atoms in total. The highest BCUT2D eigenvalue weighted by Crippen LogP contribution is 2.32. The van der Waals surface area contributed by atoms with E-state index < -0.39 is 0 Å². The van der Waals surface area contributed by atoms with E-state index >= 15 is 0 Å². The molecule has 0 aliphatic carbocycles. The molecule has 0 radical (unpaired) electrons. The first-order chi connectivity index (χ1) is 3.67. The summed E-state index contributed by atoms with van der Waals surface area (Å²) < 4.78 is 5.05. The Balaban J connectivity index is 2.37. The number of hydrogen-bond donors (Lipinski definition) is 1. The molecule has 1 aliphatic heterocycles. The molecule has 1 saturated heterocycles. The van der Waals surface area contributed by atoms with Gasteiger partial charge in [0.15, 0.2) is 0 Å². The van der Waals surface area contributed by atoms with E-state index in [-0.39, 0.29) is 18.1 Å². The predicted molar refractivity (Wildman–Crippen MR) is 30.6 cm³/mol. The molecular formula is C6H12O2. The molecular weight excluding hydrogens is 104 g/mol. The number of aliphatic hydroxyl groups excluding tert-OH is 1. The lowest BCUT2D eigenvalue weighted by atomic mass is 9.83. The van der Waals surface area contributed by atoms with Gasteiger partial charge in [0.1, 0.15) is 0 Å². The second-order valence-corrected chi connectivity index (χ2v) is 2.97. The number of aliphatic hydroxyl groups is 1. The molecule has 1 aliphatic rings. The summed E-state index contributed by atoms with van der Waals surface area (Å²) in [6.07, 6.45) is 0.0856. The zero-order chi connectivity index (χ0) is 6.20. The largest absolute Gasteiger partial charge is 0.394 e. The maximum absolute atomic E-state index is 8.60. The first-order valence-corrected chi connectivity index (χ1v) is 2.89. The Morgan fingerprint density at radius 2 is 2.38 bits per heavy atom. The van der Waals surface area contributed by atoms with Gasteiger partial charge in [0.05, 0.1) is 19.3 Å². The summed E-state index contributed by atoms with van der Waals surface area (Å²) in [6.45, 7) is 5.14. The van der Waals surface area contributed by atoms with Crippen LogP contribution in [0.1, 0.15) is 13.8 Å². The molecule has 1 heterocycles. The van der Waals surface area contributed by atoms with Crippen molar-refractivity contribution in [1.29, 1.82) is 0 Å². The topological polar surface area (TPSA) is 29.5 Å². The van der Waals surface area contributed by atoms with Crippen LogP contribution in [0.3, 0.4) is 0 Å². The van der Waals surface area contributed by atoms with Gasteiger partial charge in [-0.25, -0.2) is 0 Å². The van der Waals surface area contributed by atoms with Gasteiger partial charge in [0, 0.05) is 5.41 Å². The quantitative estimate of drug-likeness (QED) is 0.537. The van der Waals surface area contributed by atoms with Crippen LogP contribution in [-0.4, -0.2) is 24.4 Å². The number of hydrogen-bond acceptors (Lipinski definition) is 2. The third-order valence-electron chi connectivity index (χ3n) is 1.69. The minimum atomic E-state index is 0.0856. The molecule has 8 heavy (non-hydrogen) atoms. The summed E-state index contributed by atoms with van der Waals surface area (Å²) in [7, 11) is 0. The minimum Gasteiger partial charge on any atom is -0.394 e. The summed E-state index contributed by atoms with van der Waals surface area (Å²) in [4.78, 5) is 0. The zero-order valence-corrected chi connectivity index (χ0v) is 5.35. The Hall–Kier alpha value is -0.0800. The molecule has 0 amide bonds. The molecule has 0 saturated carbocycles. The van der Waals surface area contributed by atoms with Crippen molar-refractivity contribution in [2.75, 3.05) is 13.2 Å². The van der Waals surface area contributed by atoms with Crippen LogP contribution in [0.15, 0.2) is 0 Å². The summed E-state index contributed by atoms with van der Waals surface area (Å²) in [5.41, 5.74) is 0.217. The first kappa shape index (κ1) is 6.05. The minimum absolute atomic E-state index is 0.0856. The fourth-order valence-corrected chi connectivity index (χ4v) is 0.834. The van der Waals surface area contributed by atoms with Gasteiger partial charge >= 0.3 is 0 Å². The van der Waals surface area contributed by atoms with Crippen LogP contribution in [0.5, 0.6) is 0 Å². The standard InChI is InChI=1S/C6H12O2/c1-6(2)4-8-5(6)3-7/h5,7H,3-4H2,1-2H3. The summed E-state index contributed by atoms with van der Waals surface area (Å²) in [5.74, 6) is 0. The fraction of sp³-hybridized carbons (Fsp3) is 1.00. The summed E-state index contributed by atoms with van der Waals surface area (Å²) >= 11 is 0. The van der Waals surface area contributed by atoms with Gasteiger partial charge in [0.2, 0.25) is 0 Å². The van der Waals surface area contributed by atoms with E-state index in [0.29, 0.717) is 0 Å². The second kappa shape index (κ2) is 1.71. The number of ether oxygens (including phenoxy) is 1. The van der Waals surface area contributed by atoms with Crippen molar-refractivity contribution >= 4 is 0 Å². The van der Waals surface area contributed by atoms with Crippen molar-refractivity contribution in [2.45, 2.75) is 20.0 Å². The van der Waals surface area contributed by atoms with Crippen LogP contribution in [0, 0.1) is 5.41 Å². The van der Waals surface area contributed by atoms with Gasteiger partial charge in [-0.05, 0) is 0 Å². The van der Waals surface area contributed by atoms with Crippen molar-refractivity contribution in [3.05, 3.63) is 0 Å². The van der Waals surface area contributed by atoms with E-state index in [9.17, 15) is 0 Å². The van der Waals surface area contributed by atoms with Gasteiger partial charge < -0.3 is 9.84 Å². The van der Waals surface area contributed by atoms with Gasteiger partial charge in [-0.15, -0.1) is 0 Å². The molecule has 0 aromatic rings. The Bertz CT molecular complexity index is 86.5. The van der Waals surface area contributed by atoms with Crippen LogP contribution in [0.2, 0.25) is 0 Å². The summed E-state index contributed by atoms with van der Waals surface area (Å²) in [6, 6.07) is 0. The van der Waals surface area contributed by atoms with E-state index in [1.807, 2.05) is 0 Å². The van der Waals surface area contributed by atoms with Crippen LogP contribution in [0.25, 0.3) is 0 Å². The van der Waals surface area contributed by atoms with Crippen molar-refractivity contribution < 1.29 is 9.84 Å². The molecule has 1 unspecified atom stereocenters. The maximum Gasteiger partial charge on any atom is 0.0878 e. The Labute approximate surface area is 49.5 Å². The molecule has 1 atom stereocenters. The fourth-order valence-electron chi connectivity index (χ4n) is 0.834. The van der Waals surface area contributed by atoms with Crippen LogP contribution >= 0.6 is 0 Å². The molecule has 0 spiro atoms. The van der Waals surface area contributed by atoms with E-state index in [1.54, 1.807) is 0 Å². The summed E-state index contributed by atoms with van der Waals surface area (Å²) in [5, 5.41) is 8.60. The Morgan fingerprint density at radius 1 is 1.75 bits per heavy atom. The molecule has 1 fully saturated rings. The monoisotopic (exact) mass is 116 g/mol. The highest BCUT2D eigenvalue weighted by molar-refractivity contribution is 4.86. The van der Waals surface area contributed by atoms with Gasteiger partial charge in [-0.1, -0.05) is 13.8 Å². The van der Waals surface area contributed by atoms with Crippen molar-refractivity contribution in [3.63, 3.8) is 0 Å². The normalized spacial score (nSPS) is 34.1. The maximum atomic E-state index is 8.60. The average molecular weight is 116 g/mol. The molecule has 0 aromatic heterocycles. The van der Waals surface area contributed by atoms with Crippen molar-refractivity contribution in [2.24, 2.45) is 5.41 Å². The third-order valence-corrected chi connectivity index (χ3v) is 1.69. The van der Waals surface area contributed by atoms with Crippen molar-refractivity contribution in [1.82, 2.24) is 0 Å². The van der Waals surface area contributed by atoms with Gasteiger partial charge in [-0.2, -0.15) is 0 Å². The third kappa shape index (κ3) is 0.740. The highest BCUT2D eigenvalue weighted by atomic mass is 16.5. The molecule has 48 valence electrons. The van der Waals surface area contributed by atoms with E-state index in [0.717, 1.165) is 6.61 Å².